The number of halogens is 1. The fourth-order valence-electron chi connectivity index (χ4n) is 2.97. The van der Waals surface area contributed by atoms with E-state index in [0.717, 1.165) is 22.4 Å². The third-order valence-corrected chi connectivity index (χ3v) is 4.68. The van der Waals surface area contributed by atoms with Crippen LogP contribution < -0.4 is 10.1 Å². The highest BCUT2D eigenvalue weighted by Gasteiger charge is 2.13. The summed E-state index contributed by atoms with van der Waals surface area (Å²) in [6.07, 6.45) is 0. The molecular weight excluding hydrogens is 414 g/mol. The predicted octanol–water partition coefficient (Wildman–Crippen LogP) is 4.05. The van der Waals surface area contributed by atoms with Gasteiger partial charge in [0.2, 0.25) is 5.91 Å². The van der Waals surface area contributed by atoms with E-state index in [1.54, 1.807) is 7.11 Å². The molecule has 0 aliphatic heterocycles. The number of nitro benzene ring substituents is 1. The lowest BCUT2D eigenvalue weighted by atomic mass is 10.1. The van der Waals surface area contributed by atoms with Crippen LogP contribution in [0.25, 0.3) is 0 Å². The molecule has 27 heavy (non-hydrogen) atoms. The minimum atomic E-state index is -0.483. The zero-order valence-electron chi connectivity index (χ0n) is 15.7. The van der Waals surface area contributed by atoms with Gasteiger partial charge in [-0.15, -0.1) is 0 Å². The van der Waals surface area contributed by atoms with Crippen LogP contribution in [-0.2, 0) is 11.3 Å². The highest BCUT2D eigenvalue weighted by molar-refractivity contribution is 9.10. The van der Waals surface area contributed by atoms with Gasteiger partial charge in [-0.25, -0.2) is 0 Å². The lowest BCUT2D eigenvalue weighted by Crippen LogP contribution is -2.30. The Morgan fingerprint density at radius 3 is 2.41 bits per heavy atom. The Morgan fingerprint density at radius 1 is 1.26 bits per heavy atom. The third-order valence-electron chi connectivity index (χ3n) is 4.03. The maximum absolute atomic E-state index is 12.3. The van der Waals surface area contributed by atoms with Crippen LogP contribution in [-0.4, -0.2) is 36.4 Å². The van der Waals surface area contributed by atoms with Gasteiger partial charge in [-0.05, 0) is 59.6 Å². The number of aryl methyl sites for hydroxylation is 2. The van der Waals surface area contributed by atoms with Gasteiger partial charge in [0, 0.05) is 23.2 Å². The number of benzene rings is 2. The molecule has 0 radical (unpaired) electrons. The molecule has 0 spiro atoms. The van der Waals surface area contributed by atoms with E-state index in [1.807, 2.05) is 37.9 Å². The summed E-state index contributed by atoms with van der Waals surface area (Å²) in [7, 11) is 3.52. The van der Waals surface area contributed by atoms with Crippen LogP contribution in [0.4, 0.5) is 11.4 Å². The molecule has 0 heterocycles. The number of carbonyl (C=O) groups is 1. The number of nitrogens with one attached hydrogen (secondary N) is 1. The summed E-state index contributed by atoms with van der Waals surface area (Å²) in [6.45, 7) is 4.79. The van der Waals surface area contributed by atoms with E-state index in [0.29, 0.717) is 16.7 Å². The summed E-state index contributed by atoms with van der Waals surface area (Å²) in [4.78, 5) is 24.5. The van der Waals surface area contributed by atoms with E-state index in [2.05, 4.69) is 21.2 Å². The molecule has 7 nitrogen and oxygen atoms in total. The molecule has 1 amide bonds. The molecule has 0 bridgehead atoms. The lowest BCUT2D eigenvalue weighted by Gasteiger charge is -2.18. The summed E-state index contributed by atoms with van der Waals surface area (Å²) in [5, 5.41) is 13.5. The van der Waals surface area contributed by atoms with Gasteiger partial charge in [-0.1, -0.05) is 12.1 Å². The quantitative estimate of drug-likeness (QED) is 0.523. The lowest BCUT2D eigenvalue weighted by molar-refractivity contribution is -0.384. The maximum atomic E-state index is 12.3. The van der Waals surface area contributed by atoms with Crippen molar-refractivity contribution in [3.8, 4) is 5.75 Å². The largest absolute Gasteiger partial charge is 0.496 e. The number of non-ortho nitro benzene ring substituents is 1. The molecule has 0 fully saturated rings. The Balaban J connectivity index is 1.99. The molecule has 2 rings (SSSR count). The fraction of sp³-hybridized carbons (Fsp3) is 0.316. The second-order valence-corrected chi connectivity index (χ2v) is 7.26. The first-order valence-electron chi connectivity index (χ1n) is 8.27. The maximum Gasteiger partial charge on any atom is 0.270 e. The van der Waals surface area contributed by atoms with Crippen molar-refractivity contribution in [1.29, 1.82) is 0 Å². The Kier molecular flexibility index (Phi) is 6.92. The van der Waals surface area contributed by atoms with Crippen molar-refractivity contribution in [3.63, 3.8) is 0 Å². The first-order valence-corrected chi connectivity index (χ1v) is 9.07. The van der Waals surface area contributed by atoms with Crippen molar-refractivity contribution in [3.05, 3.63) is 61.6 Å². The number of hydrogen-bond acceptors (Lipinski definition) is 5. The molecule has 1 N–H and O–H groups in total. The molecular formula is C19H22BrN3O4. The fourth-order valence-corrected chi connectivity index (χ4v) is 3.44. The smallest absolute Gasteiger partial charge is 0.270 e. The zero-order chi connectivity index (χ0) is 20.1. The van der Waals surface area contributed by atoms with Gasteiger partial charge in [-0.3, -0.25) is 19.8 Å². The van der Waals surface area contributed by atoms with Crippen LogP contribution in [0, 0.1) is 24.0 Å². The molecule has 0 aromatic heterocycles. The molecule has 144 valence electrons. The predicted molar refractivity (Wildman–Crippen MR) is 108 cm³/mol. The molecule has 8 heteroatoms. The number of hydrogen-bond donors (Lipinski definition) is 1. The summed E-state index contributed by atoms with van der Waals surface area (Å²) in [5.74, 6) is 0.677. The SMILES string of the molecule is COc1c(C)cc(CN(C)CC(=O)Nc2ccc([N+](=O)[O-])cc2Br)cc1C. The number of rotatable bonds is 7. The number of likely N-dealkylation sites (N-methyl/N-ethyl adjacent to an activating group) is 1. The van der Waals surface area contributed by atoms with Crippen LogP contribution in [0.1, 0.15) is 16.7 Å². The normalized spacial score (nSPS) is 10.7. The van der Waals surface area contributed by atoms with Crippen molar-refractivity contribution < 1.29 is 14.5 Å². The Hall–Kier alpha value is -2.45. The van der Waals surface area contributed by atoms with Crippen LogP contribution in [0.2, 0.25) is 0 Å². The van der Waals surface area contributed by atoms with Crippen molar-refractivity contribution in [2.75, 3.05) is 26.0 Å². The number of carbonyl (C=O) groups excluding carboxylic acids is 1. The minimum Gasteiger partial charge on any atom is -0.496 e. The van der Waals surface area contributed by atoms with Gasteiger partial charge < -0.3 is 10.1 Å². The average molecular weight is 436 g/mol. The monoisotopic (exact) mass is 435 g/mol. The highest BCUT2D eigenvalue weighted by atomic mass is 79.9. The van der Waals surface area contributed by atoms with Gasteiger partial charge >= 0.3 is 0 Å². The van der Waals surface area contributed by atoms with E-state index in [4.69, 9.17) is 4.74 Å². The molecule has 2 aromatic rings. The number of ether oxygens (including phenoxy) is 1. The average Bonchev–Trinajstić information content (AvgIpc) is 2.56. The number of methoxy groups -OCH3 is 1. The second-order valence-electron chi connectivity index (χ2n) is 6.40. The van der Waals surface area contributed by atoms with Crippen LogP contribution >= 0.6 is 15.9 Å². The zero-order valence-corrected chi connectivity index (χ0v) is 17.3. The number of amides is 1. The van der Waals surface area contributed by atoms with Gasteiger partial charge in [0.05, 0.1) is 24.3 Å². The number of nitro groups is 1. The molecule has 0 saturated carbocycles. The molecule has 0 aliphatic carbocycles. The van der Waals surface area contributed by atoms with Crippen molar-refractivity contribution in [1.82, 2.24) is 4.90 Å². The van der Waals surface area contributed by atoms with Crippen LogP contribution in [0.15, 0.2) is 34.8 Å². The molecule has 0 aliphatic rings. The van der Waals surface area contributed by atoms with Gasteiger partial charge in [-0.2, -0.15) is 0 Å². The van der Waals surface area contributed by atoms with E-state index in [-0.39, 0.29) is 18.1 Å². The Labute approximate surface area is 166 Å². The first-order chi connectivity index (χ1) is 12.7. The standard InChI is InChI=1S/C19H22BrN3O4/c1-12-7-14(8-13(2)19(12)27-4)10-22(3)11-18(24)21-17-6-5-15(23(25)26)9-16(17)20/h5-9H,10-11H2,1-4H3,(H,21,24). The Morgan fingerprint density at radius 2 is 1.89 bits per heavy atom. The number of anilines is 1. The molecule has 0 atom stereocenters. The molecule has 0 unspecified atom stereocenters. The highest BCUT2D eigenvalue weighted by Crippen LogP contribution is 2.27. The second kappa shape index (κ2) is 8.96. The van der Waals surface area contributed by atoms with E-state index < -0.39 is 4.92 Å². The van der Waals surface area contributed by atoms with Crippen LogP contribution in [0.5, 0.6) is 5.75 Å². The summed E-state index contributed by atoms with van der Waals surface area (Å²) < 4.78 is 5.84. The van der Waals surface area contributed by atoms with E-state index in [1.165, 1.54) is 18.2 Å². The van der Waals surface area contributed by atoms with E-state index in [9.17, 15) is 14.9 Å². The molecule has 2 aromatic carbocycles. The Bertz CT molecular complexity index is 847. The van der Waals surface area contributed by atoms with Crippen LogP contribution in [0.3, 0.4) is 0 Å². The summed E-state index contributed by atoms with van der Waals surface area (Å²) in [6, 6.07) is 8.33. The van der Waals surface area contributed by atoms with Gasteiger partial charge in [0.15, 0.2) is 0 Å². The first kappa shape index (κ1) is 20.9. The van der Waals surface area contributed by atoms with Crippen molar-refractivity contribution in [2.45, 2.75) is 20.4 Å². The third kappa shape index (κ3) is 5.51. The van der Waals surface area contributed by atoms with Crippen molar-refractivity contribution in [2.24, 2.45) is 0 Å². The van der Waals surface area contributed by atoms with Gasteiger partial charge in [0.25, 0.3) is 5.69 Å². The number of nitrogens with zero attached hydrogens (tertiary/aromatic N) is 2. The summed E-state index contributed by atoms with van der Waals surface area (Å²) >= 11 is 3.25. The van der Waals surface area contributed by atoms with Crippen molar-refractivity contribution >= 4 is 33.2 Å². The van der Waals surface area contributed by atoms with E-state index >= 15 is 0 Å². The molecule has 0 saturated heterocycles. The topological polar surface area (TPSA) is 84.7 Å². The van der Waals surface area contributed by atoms with Gasteiger partial charge in [0.1, 0.15) is 5.75 Å². The minimum absolute atomic E-state index is 0.0396. The summed E-state index contributed by atoms with van der Waals surface area (Å²) in [5.41, 5.74) is 3.66.